The Morgan fingerprint density at radius 2 is 2.20 bits per heavy atom. The molecule has 0 bridgehead atoms. The molecule has 20 heavy (non-hydrogen) atoms. The maximum Gasteiger partial charge on any atom is 0.329 e. The second-order valence-electron chi connectivity index (χ2n) is 5.79. The van der Waals surface area contributed by atoms with E-state index in [0.717, 1.165) is 24.3 Å². The molecule has 1 saturated carbocycles. The number of hydrogen-bond acceptors (Lipinski definition) is 3. The van der Waals surface area contributed by atoms with Gasteiger partial charge in [-0.1, -0.05) is 32.8 Å². The number of hydrogen-bond donors (Lipinski definition) is 2. The van der Waals surface area contributed by atoms with Crippen LogP contribution in [-0.2, 0) is 4.79 Å². The summed E-state index contributed by atoms with van der Waals surface area (Å²) in [4.78, 5) is 11.9. The van der Waals surface area contributed by atoms with E-state index in [9.17, 15) is 9.90 Å². The number of carboxylic acids is 1. The molecule has 110 valence electrons. The summed E-state index contributed by atoms with van der Waals surface area (Å²) in [6.07, 6.45) is 2.69. The number of benzene rings is 1. The van der Waals surface area contributed by atoms with Gasteiger partial charge in [0, 0.05) is 11.8 Å². The van der Waals surface area contributed by atoms with E-state index in [4.69, 9.17) is 4.74 Å². The Labute approximate surface area is 120 Å². The van der Waals surface area contributed by atoms with Gasteiger partial charge < -0.3 is 15.2 Å². The van der Waals surface area contributed by atoms with Crippen molar-refractivity contribution >= 4 is 11.7 Å². The van der Waals surface area contributed by atoms with E-state index in [1.54, 1.807) is 7.11 Å². The molecule has 1 aliphatic carbocycles. The van der Waals surface area contributed by atoms with Gasteiger partial charge in [-0.15, -0.1) is 0 Å². The molecule has 4 heteroatoms. The molecule has 0 aliphatic heterocycles. The highest BCUT2D eigenvalue weighted by molar-refractivity contribution is 5.83. The van der Waals surface area contributed by atoms with Crippen LogP contribution in [-0.4, -0.2) is 23.7 Å². The molecule has 0 saturated heterocycles. The van der Waals surface area contributed by atoms with Gasteiger partial charge in [-0.25, -0.2) is 4.79 Å². The minimum absolute atomic E-state index is 0.0833. The fourth-order valence-corrected chi connectivity index (χ4v) is 3.16. The first-order valence-corrected chi connectivity index (χ1v) is 7.15. The first-order valence-electron chi connectivity index (χ1n) is 7.15. The highest BCUT2D eigenvalue weighted by atomic mass is 16.5. The van der Waals surface area contributed by atoms with Gasteiger partial charge in [0.05, 0.1) is 7.11 Å². The fourth-order valence-electron chi connectivity index (χ4n) is 3.16. The zero-order valence-electron chi connectivity index (χ0n) is 12.3. The largest absolute Gasteiger partial charge is 0.497 e. The van der Waals surface area contributed by atoms with Gasteiger partial charge >= 0.3 is 5.97 Å². The van der Waals surface area contributed by atoms with Crippen LogP contribution in [0.2, 0.25) is 0 Å². The van der Waals surface area contributed by atoms with Crippen LogP contribution in [0.25, 0.3) is 0 Å². The van der Waals surface area contributed by atoms with Crippen LogP contribution in [0.5, 0.6) is 5.75 Å². The highest BCUT2D eigenvalue weighted by Crippen LogP contribution is 2.40. The molecule has 0 heterocycles. The third-order valence-electron chi connectivity index (χ3n) is 4.68. The number of methoxy groups -OCH3 is 1. The van der Waals surface area contributed by atoms with E-state index in [-0.39, 0.29) is 5.92 Å². The molecule has 1 fully saturated rings. The van der Waals surface area contributed by atoms with Gasteiger partial charge in [-0.3, -0.25) is 0 Å². The van der Waals surface area contributed by atoms with Crippen molar-refractivity contribution in [3.8, 4) is 5.75 Å². The number of carboxylic acid groups (broad SMARTS) is 1. The van der Waals surface area contributed by atoms with E-state index in [0.29, 0.717) is 12.3 Å². The second-order valence-corrected chi connectivity index (χ2v) is 5.79. The maximum atomic E-state index is 11.9. The number of nitrogens with one attached hydrogen (secondary N) is 1. The molecule has 0 radical (unpaired) electrons. The van der Waals surface area contributed by atoms with Gasteiger partial charge in [0.25, 0.3) is 0 Å². The molecular weight excluding hydrogens is 254 g/mol. The third kappa shape index (κ3) is 2.60. The highest BCUT2D eigenvalue weighted by Gasteiger charge is 2.47. The molecule has 4 nitrogen and oxygen atoms in total. The first-order chi connectivity index (χ1) is 9.49. The van der Waals surface area contributed by atoms with Gasteiger partial charge in [0.2, 0.25) is 0 Å². The predicted molar refractivity (Wildman–Crippen MR) is 79.2 cm³/mol. The molecule has 1 aromatic rings. The summed E-state index contributed by atoms with van der Waals surface area (Å²) < 4.78 is 5.20. The van der Waals surface area contributed by atoms with Gasteiger partial charge in [-0.2, -0.15) is 0 Å². The van der Waals surface area contributed by atoms with Crippen LogP contribution >= 0.6 is 0 Å². The van der Waals surface area contributed by atoms with Crippen LogP contribution in [0, 0.1) is 11.8 Å². The molecule has 1 aliphatic rings. The van der Waals surface area contributed by atoms with Crippen LogP contribution in [0.15, 0.2) is 24.3 Å². The van der Waals surface area contributed by atoms with Crippen molar-refractivity contribution in [3.63, 3.8) is 0 Å². The quantitative estimate of drug-likeness (QED) is 0.885. The minimum atomic E-state index is -0.885. The van der Waals surface area contributed by atoms with E-state index in [2.05, 4.69) is 12.2 Å². The summed E-state index contributed by atoms with van der Waals surface area (Å²) in [6.45, 7) is 4.17. The van der Waals surface area contributed by atoms with Gasteiger partial charge in [-0.05, 0) is 30.4 Å². The number of rotatable bonds is 4. The van der Waals surface area contributed by atoms with Crippen molar-refractivity contribution in [2.45, 2.75) is 38.6 Å². The molecule has 3 atom stereocenters. The number of aliphatic carboxylic acids is 1. The van der Waals surface area contributed by atoms with Crippen molar-refractivity contribution in [2.75, 3.05) is 12.4 Å². The molecule has 0 aromatic heterocycles. The Hall–Kier alpha value is -1.71. The van der Waals surface area contributed by atoms with Crippen molar-refractivity contribution < 1.29 is 14.6 Å². The third-order valence-corrected chi connectivity index (χ3v) is 4.68. The standard InChI is InChI=1S/C16H23NO3/c1-11-6-5-9-16(12(11)2,15(18)19)17-13-7-4-8-14(10-13)20-3/h4,7-8,10-12,17H,5-6,9H2,1-3H3,(H,18,19). The monoisotopic (exact) mass is 277 g/mol. The Bertz CT molecular complexity index is 488. The van der Waals surface area contributed by atoms with Crippen LogP contribution < -0.4 is 10.1 Å². The molecule has 3 unspecified atom stereocenters. The lowest BCUT2D eigenvalue weighted by molar-refractivity contribution is -0.146. The Morgan fingerprint density at radius 1 is 1.45 bits per heavy atom. The summed E-state index contributed by atoms with van der Waals surface area (Å²) in [5, 5.41) is 13.0. The lowest BCUT2D eigenvalue weighted by Crippen LogP contribution is -2.55. The van der Waals surface area contributed by atoms with E-state index in [1.165, 1.54) is 0 Å². The molecular formula is C16H23NO3. The number of carbonyl (C=O) groups is 1. The van der Waals surface area contributed by atoms with Crippen molar-refractivity contribution in [1.82, 2.24) is 0 Å². The Morgan fingerprint density at radius 3 is 2.85 bits per heavy atom. The van der Waals surface area contributed by atoms with Gasteiger partial charge in [0.1, 0.15) is 11.3 Å². The lowest BCUT2D eigenvalue weighted by atomic mass is 9.68. The fraction of sp³-hybridized carbons (Fsp3) is 0.562. The SMILES string of the molecule is COc1cccc(NC2(C(=O)O)CCCC(C)C2C)c1. The average Bonchev–Trinajstić information content (AvgIpc) is 2.44. The summed E-state index contributed by atoms with van der Waals surface area (Å²) >= 11 is 0. The lowest BCUT2D eigenvalue weighted by Gasteiger charge is -2.43. The second kappa shape index (κ2) is 5.73. The zero-order chi connectivity index (χ0) is 14.8. The molecule has 0 amide bonds. The summed E-state index contributed by atoms with van der Waals surface area (Å²) in [5.74, 6) is 0.448. The normalized spacial score (nSPS) is 29.8. The Balaban J connectivity index is 2.31. The molecule has 0 spiro atoms. The van der Waals surface area contributed by atoms with Crippen molar-refractivity contribution in [3.05, 3.63) is 24.3 Å². The van der Waals surface area contributed by atoms with Crippen molar-refractivity contribution in [2.24, 2.45) is 11.8 Å². The average molecular weight is 277 g/mol. The number of anilines is 1. The first kappa shape index (κ1) is 14.7. The summed E-state index contributed by atoms with van der Waals surface area (Å²) in [7, 11) is 1.61. The maximum absolute atomic E-state index is 11.9. The van der Waals surface area contributed by atoms with E-state index in [1.807, 2.05) is 31.2 Å². The summed E-state index contributed by atoms with van der Waals surface area (Å²) in [6, 6.07) is 7.45. The smallest absolute Gasteiger partial charge is 0.329 e. The van der Waals surface area contributed by atoms with E-state index < -0.39 is 11.5 Å². The van der Waals surface area contributed by atoms with Crippen molar-refractivity contribution in [1.29, 1.82) is 0 Å². The molecule has 2 N–H and O–H groups in total. The number of ether oxygens (including phenoxy) is 1. The summed E-state index contributed by atoms with van der Waals surface area (Å²) in [5.41, 5.74) is -0.0861. The van der Waals surface area contributed by atoms with Gasteiger partial charge in [0.15, 0.2) is 0 Å². The van der Waals surface area contributed by atoms with Crippen LogP contribution in [0.1, 0.15) is 33.1 Å². The molecule has 1 aromatic carbocycles. The Kier molecular flexibility index (Phi) is 4.21. The topological polar surface area (TPSA) is 58.6 Å². The van der Waals surface area contributed by atoms with Crippen LogP contribution in [0.3, 0.4) is 0 Å². The minimum Gasteiger partial charge on any atom is -0.497 e. The predicted octanol–water partition coefficient (Wildman–Crippen LogP) is 3.39. The molecule has 2 rings (SSSR count). The zero-order valence-corrected chi connectivity index (χ0v) is 12.3. The van der Waals surface area contributed by atoms with Crippen LogP contribution in [0.4, 0.5) is 5.69 Å². The van der Waals surface area contributed by atoms with E-state index >= 15 is 0 Å².